The van der Waals surface area contributed by atoms with E-state index in [1.165, 1.54) is 18.2 Å². The Morgan fingerprint density at radius 3 is 2.50 bits per heavy atom. The Morgan fingerprint density at radius 2 is 1.79 bits per heavy atom. The molecule has 2 aromatic carbocycles. The molecule has 0 aliphatic carbocycles. The topological polar surface area (TPSA) is 61.6 Å². The molecule has 0 aliphatic rings. The molecule has 0 radical (unpaired) electrons. The van der Waals surface area contributed by atoms with Crippen molar-refractivity contribution < 1.29 is 17.6 Å². The second-order valence-electron chi connectivity index (χ2n) is 4.85. The summed E-state index contributed by atoms with van der Waals surface area (Å²) in [5, 5.41) is 11.7. The molecular formula is C16H8F4N4. The van der Waals surface area contributed by atoms with Gasteiger partial charge in [-0.3, -0.25) is 0 Å². The maximum atomic E-state index is 13.9. The molecule has 120 valence electrons. The van der Waals surface area contributed by atoms with E-state index in [9.17, 15) is 17.6 Å². The van der Waals surface area contributed by atoms with E-state index in [1.807, 2.05) is 6.07 Å². The molecule has 24 heavy (non-hydrogen) atoms. The van der Waals surface area contributed by atoms with Crippen molar-refractivity contribution in [2.45, 2.75) is 6.18 Å². The number of hydrogen-bond donors (Lipinski definition) is 1. The van der Waals surface area contributed by atoms with Gasteiger partial charge >= 0.3 is 6.18 Å². The SMILES string of the molecule is N#Cc1cccc(Nc2nc(C(F)(F)F)nc3c(F)cccc23)c1. The Hall–Kier alpha value is -3.21. The minimum atomic E-state index is -4.82. The second kappa shape index (κ2) is 5.77. The Morgan fingerprint density at radius 1 is 1.04 bits per heavy atom. The molecule has 0 amide bonds. The van der Waals surface area contributed by atoms with Crippen molar-refractivity contribution in [3.05, 3.63) is 59.7 Å². The molecule has 0 saturated heterocycles. The van der Waals surface area contributed by atoms with Crippen molar-refractivity contribution in [2.24, 2.45) is 0 Å². The fraction of sp³-hybridized carbons (Fsp3) is 0.0625. The van der Waals surface area contributed by atoms with Crippen molar-refractivity contribution in [1.29, 1.82) is 5.26 Å². The average molecular weight is 332 g/mol. The molecule has 3 rings (SSSR count). The molecule has 0 fully saturated rings. The van der Waals surface area contributed by atoms with Crippen LogP contribution in [-0.4, -0.2) is 9.97 Å². The summed E-state index contributed by atoms with van der Waals surface area (Å²) < 4.78 is 52.8. The number of halogens is 4. The molecule has 1 heterocycles. The number of alkyl halides is 3. The van der Waals surface area contributed by atoms with Gasteiger partial charge in [0, 0.05) is 11.1 Å². The lowest BCUT2D eigenvalue weighted by Crippen LogP contribution is -2.13. The molecule has 0 unspecified atom stereocenters. The zero-order valence-corrected chi connectivity index (χ0v) is 11.9. The molecule has 4 nitrogen and oxygen atoms in total. The Bertz CT molecular complexity index is 960. The van der Waals surface area contributed by atoms with Crippen LogP contribution in [0.15, 0.2) is 42.5 Å². The molecule has 1 N–H and O–H groups in total. The van der Waals surface area contributed by atoms with E-state index in [0.29, 0.717) is 11.3 Å². The molecule has 0 spiro atoms. The minimum absolute atomic E-state index is 0.102. The average Bonchev–Trinajstić information content (AvgIpc) is 2.55. The monoisotopic (exact) mass is 332 g/mol. The first-order valence-corrected chi connectivity index (χ1v) is 6.69. The molecule has 0 bridgehead atoms. The second-order valence-corrected chi connectivity index (χ2v) is 4.85. The van der Waals surface area contributed by atoms with Gasteiger partial charge in [0.25, 0.3) is 0 Å². The van der Waals surface area contributed by atoms with Crippen LogP contribution in [0.3, 0.4) is 0 Å². The Kier molecular flexibility index (Phi) is 3.77. The highest BCUT2D eigenvalue weighted by Crippen LogP contribution is 2.32. The van der Waals surface area contributed by atoms with Crippen LogP contribution in [0.25, 0.3) is 10.9 Å². The van der Waals surface area contributed by atoms with Gasteiger partial charge in [0.2, 0.25) is 5.82 Å². The summed E-state index contributed by atoms with van der Waals surface area (Å²) in [6.45, 7) is 0. The van der Waals surface area contributed by atoms with E-state index >= 15 is 0 Å². The molecule has 1 aromatic heterocycles. The van der Waals surface area contributed by atoms with E-state index in [-0.39, 0.29) is 11.2 Å². The predicted molar refractivity (Wildman–Crippen MR) is 78.9 cm³/mol. The van der Waals surface area contributed by atoms with E-state index in [1.54, 1.807) is 18.2 Å². The van der Waals surface area contributed by atoms with Crippen LogP contribution in [0, 0.1) is 17.1 Å². The molecular weight excluding hydrogens is 324 g/mol. The van der Waals surface area contributed by atoms with Gasteiger partial charge in [-0.15, -0.1) is 0 Å². The van der Waals surface area contributed by atoms with Gasteiger partial charge in [-0.05, 0) is 30.3 Å². The zero-order chi connectivity index (χ0) is 17.3. The predicted octanol–water partition coefficient (Wildman–Crippen LogP) is 4.40. The van der Waals surface area contributed by atoms with Gasteiger partial charge < -0.3 is 5.32 Å². The number of nitrogens with one attached hydrogen (secondary N) is 1. The highest BCUT2D eigenvalue weighted by Gasteiger charge is 2.36. The van der Waals surface area contributed by atoms with Crippen LogP contribution in [0.1, 0.15) is 11.4 Å². The van der Waals surface area contributed by atoms with E-state index < -0.39 is 23.3 Å². The van der Waals surface area contributed by atoms with Gasteiger partial charge in [0.05, 0.1) is 11.6 Å². The molecule has 3 aromatic rings. The van der Waals surface area contributed by atoms with Crippen LogP contribution < -0.4 is 5.32 Å². The Labute approximate surface area is 133 Å². The highest BCUT2D eigenvalue weighted by molar-refractivity contribution is 5.91. The third-order valence-corrected chi connectivity index (χ3v) is 3.19. The molecule has 0 atom stereocenters. The number of hydrogen-bond acceptors (Lipinski definition) is 4. The van der Waals surface area contributed by atoms with Crippen LogP contribution in [0.4, 0.5) is 29.1 Å². The third-order valence-electron chi connectivity index (χ3n) is 3.19. The van der Waals surface area contributed by atoms with E-state index in [2.05, 4.69) is 15.3 Å². The van der Waals surface area contributed by atoms with Crippen molar-refractivity contribution >= 4 is 22.4 Å². The number of para-hydroxylation sites is 1. The lowest BCUT2D eigenvalue weighted by Gasteiger charge is -2.12. The third kappa shape index (κ3) is 2.96. The lowest BCUT2D eigenvalue weighted by atomic mass is 10.2. The first-order valence-electron chi connectivity index (χ1n) is 6.69. The molecule has 8 heteroatoms. The summed E-state index contributed by atoms with van der Waals surface area (Å²) in [5.74, 6) is -2.52. The normalized spacial score (nSPS) is 11.3. The summed E-state index contributed by atoms with van der Waals surface area (Å²) in [7, 11) is 0. The van der Waals surface area contributed by atoms with Gasteiger partial charge in [-0.1, -0.05) is 12.1 Å². The lowest BCUT2D eigenvalue weighted by molar-refractivity contribution is -0.144. The quantitative estimate of drug-likeness (QED) is 0.707. The number of fused-ring (bicyclic) bond motifs is 1. The van der Waals surface area contributed by atoms with Crippen LogP contribution in [0.5, 0.6) is 0 Å². The first kappa shape index (κ1) is 15.7. The standard InChI is InChI=1S/C16H8F4N4/c17-12-6-2-5-11-13(12)23-15(16(18,19)20)24-14(11)22-10-4-1-3-9(7-10)8-21/h1-7H,(H,22,23,24). The Balaban J connectivity index is 2.18. The number of anilines is 2. The maximum Gasteiger partial charge on any atom is 0.451 e. The summed E-state index contributed by atoms with van der Waals surface area (Å²) >= 11 is 0. The smallest absolute Gasteiger partial charge is 0.340 e. The number of nitrogens with zero attached hydrogens (tertiary/aromatic N) is 3. The van der Waals surface area contributed by atoms with Gasteiger partial charge in [-0.2, -0.15) is 18.4 Å². The molecule has 0 saturated carbocycles. The molecule has 0 aliphatic heterocycles. The summed E-state index contributed by atoms with van der Waals surface area (Å²) in [5.41, 5.74) is 0.241. The minimum Gasteiger partial charge on any atom is -0.340 e. The summed E-state index contributed by atoms with van der Waals surface area (Å²) in [6.07, 6.45) is -4.82. The van der Waals surface area contributed by atoms with Crippen LogP contribution in [-0.2, 0) is 6.18 Å². The number of benzene rings is 2. The fourth-order valence-corrected chi connectivity index (χ4v) is 2.14. The van der Waals surface area contributed by atoms with Crippen molar-refractivity contribution in [3.8, 4) is 6.07 Å². The maximum absolute atomic E-state index is 13.9. The number of aromatic nitrogens is 2. The van der Waals surface area contributed by atoms with E-state index in [4.69, 9.17) is 5.26 Å². The van der Waals surface area contributed by atoms with Crippen molar-refractivity contribution in [1.82, 2.24) is 9.97 Å². The van der Waals surface area contributed by atoms with E-state index in [0.717, 1.165) is 6.07 Å². The van der Waals surface area contributed by atoms with Crippen LogP contribution in [0.2, 0.25) is 0 Å². The van der Waals surface area contributed by atoms with Gasteiger partial charge in [0.15, 0.2) is 0 Å². The summed E-state index contributed by atoms with van der Waals surface area (Å²) in [6, 6.07) is 11.8. The van der Waals surface area contributed by atoms with Crippen molar-refractivity contribution in [2.75, 3.05) is 5.32 Å². The highest BCUT2D eigenvalue weighted by atomic mass is 19.4. The largest absolute Gasteiger partial charge is 0.451 e. The summed E-state index contributed by atoms with van der Waals surface area (Å²) in [4.78, 5) is 6.75. The number of rotatable bonds is 2. The van der Waals surface area contributed by atoms with Gasteiger partial charge in [0.1, 0.15) is 17.2 Å². The van der Waals surface area contributed by atoms with Crippen LogP contribution >= 0.6 is 0 Å². The number of nitriles is 1. The van der Waals surface area contributed by atoms with Crippen molar-refractivity contribution in [3.63, 3.8) is 0 Å². The van der Waals surface area contributed by atoms with Gasteiger partial charge in [-0.25, -0.2) is 14.4 Å². The fourth-order valence-electron chi connectivity index (χ4n) is 2.14. The zero-order valence-electron chi connectivity index (χ0n) is 11.9. The first-order chi connectivity index (χ1) is 11.4.